The van der Waals surface area contributed by atoms with Gasteiger partial charge in [0.2, 0.25) is 0 Å². The zero-order valence-electron chi connectivity index (χ0n) is 12.9. The lowest BCUT2D eigenvalue weighted by atomic mass is 9.86. The molecule has 3 heteroatoms. The van der Waals surface area contributed by atoms with Crippen molar-refractivity contribution in [1.82, 2.24) is 5.32 Å². The second-order valence-electron chi connectivity index (χ2n) is 6.31. The molecule has 0 fully saturated rings. The van der Waals surface area contributed by atoms with Gasteiger partial charge >= 0.3 is 0 Å². The summed E-state index contributed by atoms with van der Waals surface area (Å²) >= 11 is 0. The fraction of sp³-hybridized carbons (Fsp3) is 0.625. The van der Waals surface area contributed by atoms with Crippen LogP contribution in [0, 0.1) is 0 Å². The molecule has 0 bridgehead atoms. The fourth-order valence-electron chi connectivity index (χ4n) is 1.55. The van der Waals surface area contributed by atoms with Crippen LogP contribution in [0.3, 0.4) is 0 Å². The molecule has 108 valence electrons. The minimum Gasteiger partial charge on any atom is -0.491 e. The third-order valence-corrected chi connectivity index (χ3v) is 3.59. The summed E-state index contributed by atoms with van der Waals surface area (Å²) in [5.74, 6) is 0.900. The molecule has 0 unspecified atom stereocenters. The lowest BCUT2D eigenvalue weighted by molar-refractivity contribution is -0.00544. The summed E-state index contributed by atoms with van der Waals surface area (Å²) in [6.07, 6.45) is 0.156. The number of rotatable bonds is 6. The van der Waals surface area contributed by atoms with Crippen LogP contribution < -0.4 is 10.1 Å². The van der Waals surface area contributed by atoms with Gasteiger partial charge < -0.3 is 15.2 Å². The van der Waals surface area contributed by atoms with Crippen molar-refractivity contribution in [2.75, 3.05) is 0 Å². The Morgan fingerprint density at radius 2 is 1.74 bits per heavy atom. The summed E-state index contributed by atoms with van der Waals surface area (Å²) in [5.41, 5.74) is -0.0628. The van der Waals surface area contributed by atoms with E-state index in [0.717, 1.165) is 11.3 Å². The second-order valence-corrected chi connectivity index (χ2v) is 6.31. The third-order valence-electron chi connectivity index (χ3n) is 3.59. The molecule has 0 radical (unpaired) electrons. The van der Waals surface area contributed by atoms with Crippen molar-refractivity contribution < 1.29 is 9.84 Å². The molecule has 0 aromatic heterocycles. The highest BCUT2D eigenvalue weighted by Gasteiger charge is 2.34. The van der Waals surface area contributed by atoms with Gasteiger partial charge in [-0.05, 0) is 47.6 Å². The Bertz CT molecular complexity index is 405. The van der Waals surface area contributed by atoms with Gasteiger partial charge in [-0.2, -0.15) is 0 Å². The normalized spacial score (nSPS) is 12.8. The Morgan fingerprint density at radius 3 is 2.26 bits per heavy atom. The number of para-hydroxylation sites is 1. The van der Waals surface area contributed by atoms with Gasteiger partial charge in [-0.1, -0.05) is 18.2 Å². The first kappa shape index (κ1) is 16.0. The Morgan fingerprint density at radius 1 is 1.16 bits per heavy atom. The molecule has 3 nitrogen and oxygen atoms in total. The molecule has 1 aromatic rings. The van der Waals surface area contributed by atoms with Crippen LogP contribution in [0.2, 0.25) is 0 Å². The molecule has 0 amide bonds. The van der Waals surface area contributed by atoms with Crippen molar-refractivity contribution in [2.24, 2.45) is 0 Å². The zero-order chi connectivity index (χ0) is 14.7. The van der Waals surface area contributed by atoms with E-state index in [2.05, 4.69) is 5.32 Å². The predicted octanol–water partition coefficient (Wildman–Crippen LogP) is 3.11. The van der Waals surface area contributed by atoms with Crippen LogP contribution in [0.25, 0.3) is 0 Å². The van der Waals surface area contributed by atoms with Crippen LogP contribution >= 0.6 is 0 Å². The summed E-state index contributed by atoms with van der Waals surface area (Å²) < 4.78 is 5.79. The van der Waals surface area contributed by atoms with Crippen molar-refractivity contribution in [3.63, 3.8) is 0 Å². The van der Waals surface area contributed by atoms with Crippen molar-refractivity contribution in [3.8, 4) is 5.75 Å². The number of benzene rings is 1. The van der Waals surface area contributed by atoms with Gasteiger partial charge in [0.25, 0.3) is 0 Å². The maximum absolute atomic E-state index is 10.1. The highest BCUT2D eigenvalue weighted by molar-refractivity contribution is 5.33. The maximum Gasteiger partial charge on any atom is 0.124 e. The molecule has 2 N–H and O–H groups in total. The van der Waals surface area contributed by atoms with E-state index < -0.39 is 5.60 Å². The van der Waals surface area contributed by atoms with Gasteiger partial charge in [-0.3, -0.25) is 0 Å². The first-order valence-corrected chi connectivity index (χ1v) is 6.85. The van der Waals surface area contributed by atoms with Gasteiger partial charge in [0.15, 0.2) is 0 Å². The number of ether oxygens (including phenoxy) is 1. The standard InChI is InChI=1S/C16H27NO2/c1-12(2)19-14-10-8-7-9-13(14)11-17-15(3,4)16(5,6)18/h7-10,12,17-18H,11H2,1-6H3. The quantitative estimate of drug-likeness (QED) is 0.830. The number of hydrogen-bond acceptors (Lipinski definition) is 3. The molecule has 0 aliphatic carbocycles. The van der Waals surface area contributed by atoms with Crippen LogP contribution in [0.4, 0.5) is 0 Å². The van der Waals surface area contributed by atoms with Crippen LogP contribution in [0.1, 0.15) is 47.1 Å². The monoisotopic (exact) mass is 265 g/mol. The largest absolute Gasteiger partial charge is 0.491 e. The van der Waals surface area contributed by atoms with E-state index in [0.29, 0.717) is 6.54 Å². The second kappa shape index (κ2) is 5.93. The third kappa shape index (κ3) is 4.51. The molecule has 19 heavy (non-hydrogen) atoms. The summed E-state index contributed by atoms with van der Waals surface area (Å²) in [7, 11) is 0. The minimum atomic E-state index is -0.791. The number of aliphatic hydroxyl groups is 1. The SMILES string of the molecule is CC(C)Oc1ccccc1CNC(C)(C)C(C)(C)O. The first-order chi connectivity index (χ1) is 8.63. The number of nitrogens with one attached hydrogen (secondary N) is 1. The Kier molecular flexibility index (Phi) is 4.99. The molecular weight excluding hydrogens is 238 g/mol. The Hall–Kier alpha value is -1.06. The van der Waals surface area contributed by atoms with E-state index in [1.54, 1.807) is 0 Å². The topological polar surface area (TPSA) is 41.5 Å². The maximum atomic E-state index is 10.1. The van der Waals surface area contributed by atoms with Gasteiger partial charge in [0, 0.05) is 17.6 Å². The van der Waals surface area contributed by atoms with E-state index in [1.807, 2.05) is 65.8 Å². The van der Waals surface area contributed by atoms with Crippen molar-refractivity contribution in [2.45, 2.75) is 65.3 Å². The fourth-order valence-corrected chi connectivity index (χ4v) is 1.55. The molecule has 0 saturated heterocycles. The van der Waals surface area contributed by atoms with Crippen LogP contribution in [0.15, 0.2) is 24.3 Å². The molecular formula is C16H27NO2. The van der Waals surface area contributed by atoms with Crippen LogP contribution in [-0.2, 0) is 6.54 Å². The molecule has 0 spiro atoms. The molecule has 1 rings (SSSR count). The zero-order valence-corrected chi connectivity index (χ0v) is 12.9. The van der Waals surface area contributed by atoms with E-state index in [-0.39, 0.29) is 11.6 Å². The van der Waals surface area contributed by atoms with Gasteiger partial charge in [-0.15, -0.1) is 0 Å². The van der Waals surface area contributed by atoms with Gasteiger partial charge in [0.05, 0.1) is 11.7 Å². The molecule has 0 aliphatic heterocycles. The first-order valence-electron chi connectivity index (χ1n) is 6.85. The van der Waals surface area contributed by atoms with Crippen LogP contribution in [-0.4, -0.2) is 22.4 Å². The van der Waals surface area contributed by atoms with Gasteiger partial charge in [-0.25, -0.2) is 0 Å². The Labute approximate surface area is 117 Å². The van der Waals surface area contributed by atoms with E-state index in [9.17, 15) is 5.11 Å². The van der Waals surface area contributed by atoms with Crippen molar-refractivity contribution in [1.29, 1.82) is 0 Å². The molecule has 0 saturated carbocycles. The summed E-state index contributed by atoms with van der Waals surface area (Å²) in [4.78, 5) is 0. The van der Waals surface area contributed by atoms with Gasteiger partial charge in [0.1, 0.15) is 5.75 Å². The van der Waals surface area contributed by atoms with E-state index >= 15 is 0 Å². The average molecular weight is 265 g/mol. The lowest BCUT2D eigenvalue weighted by Crippen LogP contribution is -2.55. The molecule has 0 aliphatic rings. The van der Waals surface area contributed by atoms with Crippen molar-refractivity contribution >= 4 is 0 Å². The smallest absolute Gasteiger partial charge is 0.124 e. The highest BCUT2D eigenvalue weighted by Crippen LogP contribution is 2.24. The lowest BCUT2D eigenvalue weighted by Gasteiger charge is -2.38. The Balaban J connectivity index is 2.78. The summed E-state index contributed by atoms with van der Waals surface area (Å²) in [6, 6.07) is 8.00. The molecule has 0 atom stereocenters. The molecule has 1 aromatic carbocycles. The predicted molar refractivity (Wildman–Crippen MR) is 79.4 cm³/mol. The molecule has 0 heterocycles. The summed E-state index contributed by atoms with van der Waals surface area (Å²) in [5, 5.41) is 13.5. The summed E-state index contributed by atoms with van der Waals surface area (Å²) in [6.45, 7) is 12.3. The average Bonchev–Trinajstić information content (AvgIpc) is 2.25. The van der Waals surface area contributed by atoms with E-state index in [4.69, 9.17) is 4.74 Å². The van der Waals surface area contributed by atoms with Crippen LogP contribution in [0.5, 0.6) is 5.75 Å². The van der Waals surface area contributed by atoms with Crippen molar-refractivity contribution in [3.05, 3.63) is 29.8 Å². The highest BCUT2D eigenvalue weighted by atomic mass is 16.5. The minimum absolute atomic E-state index is 0.156. The number of hydrogen-bond donors (Lipinski definition) is 2. The van der Waals surface area contributed by atoms with E-state index in [1.165, 1.54) is 0 Å².